The van der Waals surface area contributed by atoms with Crippen molar-refractivity contribution in [2.75, 3.05) is 0 Å². The summed E-state index contributed by atoms with van der Waals surface area (Å²) in [6, 6.07) is 13.8. The SMILES string of the molecule is CCC(C)NC(=O)Cc1c(C)c2cc3c(-c4ccccc4)coc3cc2oc1=O. The second kappa shape index (κ2) is 7.59. The fourth-order valence-electron chi connectivity index (χ4n) is 3.54. The first-order valence-corrected chi connectivity index (χ1v) is 9.80. The van der Waals surface area contributed by atoms with Gasteiger partial charge in [-0.05, 0) is 37.5 Å². The molecule has 0 radical (unpaired) electrons. The number of amides is 1. The zero-order chi connectivity index (χ0) is 20.5. The minimum Gasteiger partial charge on any atom is -0.464 e. The van der Waals surface area contributed by atoms with Crippen LogP contribution < -0.4 is 10.9 Å². The lowest BCUT2D eigenvalue weighted by Crippen LogP contribution is -2.34. The molecule has 1 N–H and O–H groups in total. The number of hydrogen-bond acceptors (Lipinski definition) is 4. The molecule has 148 valence electrons. The topological polar surface area (TPSA) is 72.5 Å². The number of carbonyl (C=O) groups is 1. The molecule has 0 aliphatic carbocycles. The summed E-state index contributed by atoms with van der Waals surface area (Å²) >= 11 is 0. The predicted octanol–water partition coefficient (Wildman–Crippen LogP) is 4.97. The van der Waals surface area contributed by atoms with E-state index in [-0.39, 0.29) is 18.4 Å². The standard InChI is InChI=1S/C24H23NO4/c1-4-14(2)25-23(26)11-18-15(3)17-10-19-20(16-8-6-5-7-9-16)13-28-21(19)12-22(17)29-24(18)27/h5-10,12-14H,4,11H2,1-3H3,(H,25,26). The van der Waals surface area contributed by atoms with Crippen LogP contribution in [0.3, 0.4) is 0 Å². The van der Waals surface area contributed by atoms with E-state index in [9.17, 15) is 9.59 Å². The van der Waals surface area contributed by atoms with E-state index in [1.165, 1.54) is 0 Å². The maximum absolute atomic E-state index is 12.5. The molecule has 0 fully saturated rings. The summed E-state index contributed by atoms with van der Waals surface area (Å²) in [6.45, 7) is 5.80. The van der Waals surface area contributed by atoms with Gasteiger partial charge in [0.15, 0.2) is 0 Å². The third kappa shape index (κ3) is 3.56. The average molecular weight is 389 g/mol. The molecule has 1 amide bonds. The van der Waals surface area contributed by atoms with Crippen LogP contribution in [0.4, 0.5) is 0 Å². The van der Waals surface area contributed by atoms with Crippen LogP contribution in [0.2, 0.25) is 0 Å². The van der Waals surface area contributed by atoms with E-state index in [0.29, 0.717) is 16.7 Å². The Kier molecular flexibility index (Phi) is 4.97. The first kappa shape index (κ1) is 19.0. The second-order valence-electron chi connectivity index (χ2n) is 7.41. The van der Waals surface area contributed by atoms with Gasteiger partial charge in [0.05, 0.1) is 18.2 Å². The van der Waals surface area contributed by atoms with E-state index in [2.05, 4.69) is 5.32 Å². The van der Waals surface area contributed by atoms with Crippen LogP contribution in [-0.2, 0) is 11.2 Å². The third-order valence-electron chi connectivity index (χ3n) is 5.42. The second-order valence-corrected chi connectivity index (χ2v) is 7.41. The van der Waals surface area contributed by atoms with Gasteiger partial charge in [-0.3, -0.25) is 4.79 Å². The van der Waals surface area contributed by atoms with Crippen molar-refractivity contribution in [2.24, 2.45) is 0 Å². The molecule has 5 heteroatoms. The molecule has 2 aromatic carbocycles. The van der Waals surface area contributed by atoms with Crippen molar-refractivity contribution in [3.8, 4) is 11.1 Å². The number of furan rings is 1. The Morgan fingerprint density at radius 1 is 1.10 bits per heavy atom. The van der Waals surface area contributed by atoms with E-state index < -0.39 is 5.63 Å². The van der Waals surface area contributed by atoms with Gasteiger partial charge in [0.1, 0.15) is 11.2 Å². The van der Waals surface area contributed by atoms with E-state index in [0.717, 1.165) is 33.9 Å². The van der Waals surface area contributed by atoms with Crippen LogP contribution in [0.25, 0.3) is 33.1 Å². The van der Waals surface area contributed by atoms with Crippen molar-refractivity contribution < 1.29 is 13.6 Å². The highest BCUT2D eigenvalue weighted by molar-refractivity contribution is 6.02. The smallest absolute Gasteiger partial charge is 0.340 e. The van der Waals surface area contributed by atoms with E-state index in [1.54, 1.807) is 12.3 Å². The van der Waals surface area contributed by atoms with Gasteiger partial charge in [0, 0.05) is 28.4 Å². The Hall–Kier alpha value is -3.34. The molecule has 0 saturated heterocycles. The Labute approximate surface area is 168 Å². The summed E-state index contributed by atoms with van der Waals surface area (Å²) < 4.78 is 11.2. The lowest BCUT2D eigenvalue weighted by Gasteiger charge is -2.12. The number of aryl methyl sites for hydroxylation is 1. The van der Waals surface area contributed by atoms with Gasteiger partial charge in [-0.1, -0.05) is 37.3 Å². The Morgan fingerprint density at radius 3 is 2.59 bits per heavy atom. The molecule has 1 atom stereocenters. The number of fused-ring (bicyclic) bond motifs is 2. The largest absolute Gasteiger partial charge is 0.464 e. The van der Waals surface area contributed by atoms with Crippen LogP contribution in [0.5, 0.6) is 0 Å². The van der Waals surface area contributed by atoms with Gasteiger partial charge in [-0.15, -0.1) is 0 Å². The van der Waals surface area contributed by atoms with Crippen molar-refractivity contribution >= 4 is 27.8 Å². The fraction of sp³-hybridized carbons (Fsp3) is 0.250. The van der Waals surface area contributed by atoms with E-state index >= 15 is 0 Å². The van der Waals surface area contributed by atoms with Gasteiger partial charge in [0.2, 0.25) is 5.91 Å². The monoisotopic (exact) mass is 389 g/mol. The van der Waals surface area contributed by atoms with Gasteiger partial charge >= 0.3 is 5.63 Å². The third-order valence-corrected chi connectivity index (χ3v) is 5.42. The van der Waals surface area contributed by atoms with E-state index in [1.807, 2.05) is 57.2 Å². The number of hydrogen-bond donors (Lipinski definition) is 1. The lowest BCUT2D eigenvalue weighted by atomic mass is 9.99. The highest BCUT2D eigenvalue weighted by atomic mass is 16.4. The average Bonchev–Trinajstić information content (AvgIpc) is 3.13. The van der Waals surface area contributed by atoms with Gasteiger partial charge in [-0.2, -0.15) is 0 Å². The summed E-state index contributed by atoms with van der Waals surface area (Å²) in [6.07, 6.45) is 2.55. The van der Waals surface area contributed by atoms with Crippen LogP contribution in [0.15, 0.2) is 62.4 Å². The van der Waals surface area contributed by atoms with Crippen molar-refractivity contribution in [1.29, 1.82) is 0 Å². The molecule has 5 nitrogen and oxygen atoms in total. The predicted molar refractivity (Wildman–Crippen MR) is 114 cm³/mol. The molecule has 0 aliphatic rings. The number of rotatable bonds is 5. The normalized spacial score (nSPS) is 12.4. The van der Waals surface area contributed by atoms with Crippen molar-refractivity contribution in [1.82, 2.24) is 5.32 Å². The molecule has 29 heavy (non-hydrogen) atoms. The number of carbonyl (C=O) groups excluding carboxylic acids is 1. The van der Waals surface area contributed by atoms with Gasteiger partial charge in [0.25, 0.3) is 0 Å². The van der Waals surface area contributed by atoms with Crippen LogP contribution in [0, 0.1) is 6.92 Å². The minimum atomic E-state index is -0.483. The molecule has 0 aliphatic heterocycles. The van der Waals surface area contributed by atoms with Crippen molar-refractivity contribution in [3.05, 3.63) is 70.3 Å². The molecule has 4 aromatic rings. The quantitative estimate of drug-likeness (QED) is 0.489. The maximum atomic E-state index is 12.5. The highest BCUT2D eigenvalue weighted by Crippen LogP contribution is 2.34. The Balaban J connectivity index is 1.82. The number of nitrogens with one attached hydrogen (secondary N) is 1. The zero-order valence-electron chi connectivity index (χ0n) is 16.7. The molecule has 2 aromatic heterocycles. The molecular weight excluding hydrogens is 366 g/mol. The molecular formula is C24H23NO4. The fourth-order valence-corrected chi connectivity index (χ4v) is 3.54. The Bertz CT molecular complexity index is 1250. The molecule has 1 unspecified atom stereocenters. The zero-order valence-corrected chi connectivity index (χ0v) is 16.7. The summed E-state index contributed by atoms with van der Waals surface area (Å²) in [5.41, 5.74) is 3.81. The summed E-state index contributed by atoms with van der Waals surface area (Å²) in [5.74, 6) is -0.177. The van der Waals surface area contributed by atoms with Crippen LogP contribution in [0.1, 0.15) is 31.4 Å². The highest BCUT2D eigenvalue weighted by Gasteiger charge is 2.18. The molecule has 4 rings (SSSR count). The maximum Gasteiger partial charge on any atom is 0.340 e. The number of benzene rings is 2. The lowest BCUT2D eigenvalue weighted by molar-refractivity contribution is -0.121. The van der Waals surface area contributed by atoms with Crippen LogP contribution >= 0.6 is 0 Å². The van der Waals surface area contributed by atoms with Crippen molar-refractivity contribution in [3.63, 3.8) is 0 Å². The summed E-state index contributed by atoms with van der Waals surface area (Å²) in [7, 11) is 0. The molecule has 0 bridgehead atoms. The summed E-state index contributed by atoms with van der Waals surface area (Å²) in [5, 5.41) is 4.65. The van der Waals surface area contributed by atoms with Crippen molar-refractivity contribution in [2.45, 2.75) is 39.7 Å². The van der Waals surface area contributed by atoms with Crippen LogP contribution in [-0.4, -0.2) is 11.9 Å². The van der Waals surface area contributed by atoms with Gasteiger partial charge < -0.3 is 14.2 Å². The first-order valence-electron chi connectivity index (χ1n) is 9.80. The molecule has 0 saturated carbocycles. The Morgan fingerprint density at radius 2 is 1.86 bits per heavy atom. The van der Waals surface area contributed by atoms with Gasteiger partial charge in [-0.25, -0.2) is 4.79 Å². The molecule has 2 heterocycles. The molecule has 0 spiro atoms. The summed E-state index contributed by atoms with van der Waals surface area (Å²) in [4.78, 5) is 24.9. The minimum absolute atomic E-state index is 0.00339. The first-order chi connectivity index (χ1) is 14.0. The van der Waals surface area contributed by atoms with E-state index in [4.69, 9.17) is 8.83 Å².